The van der Waals surface area contributed by atoms with E-state index in [0.717, 1.165) is 65.8 Å². The number of hydroxylamine groups is 2. The van der Waals surface area contributed by atoms with Crippen LogP contribution in [0.3, 0.4) is 0 Å². The molecular weight excluding hydrogens is 835 g/mol. The number of urea groups is 1. The minimum atomic E-state index is -1.02. The van der Waals surface area contributed by atoms with Crippen molar-refractivity contribution >= 4 is 52.9 Å². The number of fused-ring (bicyclic) bond motifs is 1. The van der Waals surface area contributed by atoms with Gasteiger partial charge >= 0.3 is 12.2 Å². The number of aryl methyl sites for hydroxylation is 1. The Labute approximate surface area is 380 Å². The predicted molar refractivity (Wildman–Crippen MR) is 246 cm³/mol. The number of rotatable bonds is 22. The van der Waals surface area contributed by atoms with Crippen LogP contribution in [0.1, 0.15) is 96.4 Å². The zero-order valence-corrected chi connectivity index (χ0v) is 37.8. The van der Waals surface area contributed by atoms with Crippen molar-refractivity contribution in [3.05, 3.63) is 76.8 Å². The molecule has 1 saturated heterocycles. The molecule has 19 heteroatoms. The molecule has 2 unspecified atom stereocenters. The average Bonchev–Trinajstić information content (AvgIpc) is 3.72. The van der Waals surface area contributed by atoms with Gasteiger partial charge in [-0.1, -0.05) is 45.1 Å². The van der Waals surface area contributed by atoms with Gasteiger partial charge in [-0.05, 0) is 80.3 Å². The smallest absolute Gasteiger partial charge is 0.511 e. The molecule has 5 rings (SSSR count). The van der Waals surface area contributed by atoms with Gasteiger partial charge in [0.1, 0.15) is 18.7 Å². The average molecular weight is 898 g/mol. The molecule has 0 bridgehead atoms. The molecule has 2 aliphatic rings. The first kappa shape index (κ1) is 49.2. The van der Waals surface area contributed by atoms with Gasteiger partial charge in [-0.15, -0.1) is 22.0 Å². The van der Waals surface area contributed by atoms with Crippen LogP contribution in [0.4, 0.5) is 26.9 Å². The van der Waals surface area contributed by atoms with Crippen LogP contribution in [-0.4, -0.2) is 89.4 Å². The molecular formula is C46H63N11O8. The quantitative estimate of drug-likeness (QED) is 0.0353. The molecule has 3 atom stereocenters. The highest BCUT2D eigenvalue weighted by molar-refractivity contribution is 5.98. The zero-order chi connectivity index (χ0) is 46.9. The highest BCUT2D eigenvalue weighted by Gasteiger charge is 2.32. The highest BCUT2D eigenvalue weighted by Crippen LogP contribution is 2.26. The molecule has 0 saturated carbocycles. The number of hydrogen-bond acceptors (Lipinski definition) is 12. The van der Waals surface area contributed by atoms with E-state index in [2.05, 4.69) is 37.4 Å². The molecule has 2 aromatic heterocycles. The van der Waals surface area contributed by atoms with Gasteiger partial charge in [0.15, 0.2) is 5.82 Å². The highest BCUT2D eigenvalue weighted by atomic mass is 16.7. The number of aromatic nitrogens is 3. The number of nitrogens with two attached hydrogens (primary N) is 1. The number of amides is 5. The largest absolute Gasteiger partial charge is 0.758 e. The number of unbranched alkanes of at least 4 members (excludes halogenated alkanes) is 1. The van der Waals surface area contributed by atoms with Crippen molar-refractivity contribution in [1.82, 2.24) is 30.6 Å². The third kappa shape index (κ3) is 14.3. The van der Waals surface area contributed by atoms with E-state index in [1.54, 1.807) is 55.8 Å². The van der Waals surface area contributed by atoms with Crippen LogP contribution in [0.15, 0.2) is 60.5 Å². The second-order valence-electron chi connectivity index (χ2n) is 16.4. The van der Waals surface area contributed by atoms with Crippen molar-refractivity contribution in [2.45, 2.75) is 110 Å². The number of nitrogens with one attached hydrogen (secondary N) is 5. The summed E-state index contributed by atoms with van der Waals surface area (Å²) < 4.78 is 15.3. The molecule has 7 N–H and O–H groups in total. The lowest BCUT2D eigenvalue weighted by Crippen LogP contribution is -2.54. The van der Waals surface area contributed by atoms with Crippen LogP contribution in [0.5, 0.6) is 0 Å². The Morgan fingerprint density at radius 2 is 1.78 bits per heavy atom. The fourth-order valence-corrected chi connectivity index (χ4v) is 7.62. The number of ether oxygens (including phenoxy) is 2. The topological polar surface area (TPSA) is 241 Å². The van der Waals surface area contributed by atoms with Crippen LogP contribution in [0, 0.1) is 23.5 Å². The maximum Gasteiger partial charge on any atom is 0.511 e. The summed E-state index contributed by atoms with van der Waals surface area (Å²) in [5.74, 6) is 2.43. The third-order valence-corrected chi connectivity index (χ3v) is 11.0. The standard InChI is InChI=1S/C46H62N11O8/c1-6-8-10-17-39(58)53-41(31(3)4)43(60)52-37(16-13-22-48-45(47)61)42(59)51-36-20-18-33(19-21-36)30-64-46(62)65-32(5)56-40(54-23-11-9-12-24-54)26-38(57-44(56)35(7-2)28-50-57)49-27-34-15-14-25-55(63)29-34/h1,14-15,18-21,26,28-29,31-32,37,41H,7-13,16-17,22-25,27,30H2,2-5H3,(H6,47,48,51,52,53,58,59,60,61)/q-1/p+1/t32?,37?,41-/m0/s1. The van der Waals surface area contributed by atoms with Gasteiger partial charge in [0.05, 0.1) is 25.4 Å². The minimum absolute atomic E-state index is 0.115. The van der Waals surface area contributed by atoms with Gasteiger partial charge < -0.3 is 52.1 Å². The summed E-state index contributed by atoms with van der Waals surface area (Å²) in [6.07, 6.45) is 16.2. The van der Waals surface area contributed by atoms with Crippen LogP contribution in [0.25, 0.3) is 5.65 Å². The summed E-state index contributed by atoms with van der Waals surface area (Å²) in [6, 6.07) is 6.03. The SMILES string of the molecule is C#CCCCC(=O)N[C@H](C(=O)NC(CCCNC(N)=O)C(=O)Nc1ccc(COC(=O)OC(C)[n+]2c(N3CCCCC3)cc(NCC3=CN([O-])CC=C3)n3ncc(CC)c32)cc1)C(C)C. The predicted octanol–water partition coefficient (Wildman–Crippen LogP) is 4.53. The van der Waals surface area contributed by atoms with Crippen LogP contribution in [-0.2, 0) is 36.9 Å². The van der Waals surface area contributed by atoms with Gasteiger partial charge in [0.2, 0.25) is 29.8 Å². The van der Waals surface area contributed by atoms with E-state index in [1.165, 1.54) is 0 Å². The first-order valence-electron chi connectivity index (χ1n) is 22.3. The molecule has 1 aromatic carbocycles. The molecule has 0 radical (unpaired) electrons. The number of benzene rings is 1. The van der Waals surface area contributed by atoms with E-state index < -0.39 is 42.3 Å². The number of terminal acetylenes is 1. The third-order valence-electron chi connectivity index (χ3n) is 11.0. The van der Waals surface area contributed by atoms with Crippen molar-refractivity contribution in [3.63, 3.8) is 0 Å². The minimum Gasteiger partial charge on any atom is -0.758 e. The Bertz CT molecular complexity index is 2230. The molecule has 1 fully saturated rings. The van der Waals surface area contributed by atoms with Gasteiger partial charge in [-0.3, -0.25) is 19.3 Å². The molecule has 0 spiro atoms. The molecule has 5 amide bonds. The normalized spacial score (nSPS) is 15.0. The van der Waals surface area contributed by atoms with E-state index in [1.807, 2.05) is 35.9 Å². The van der Waals surface area contributed by atoms with Crippen molar-refractivity contribution in [1.29, 1.82) is 0 Å². The summed E-state index contributed by atoms with van der Waals surface area (Å²) in [7, 11) is 0. The van der Waals surface area contributed by atoms with E-state index in [-0.39, 0.29) is 37.8 Å². The summed E-state index contributed by atoms with van der Waals surface area (Å²) in [4.78, 5) is 66.4. The Hall–Kier alpha value is -6.81. The molecule has 19 nitrogen and oxygen atoms in total. The molecule has 4 heterocycles. The Morgan fingerprint density at radius 3 is 2.46 bits per heavy atom. The fourth-order valence-electron chi connectivity index (χ4n) is 7.62. The second kappa shape index (κ2) is 24.3. The summed E-state index contributed by atoms with van der Waals surface area (Å²) >= 11 is 0. The number of anilines is 3. The molecule has 3 aromatic rings. The number of primary amides is 1. The maximum absolute atomic E-state index is 13.6. The lowest BCUT2D eigenvalue weighted by molar-refractivity contribution is -0.722. The number of nitrogens with zero attached hydrogens (tertiary/aromatic N) is 5. The Balaban J connectivity index is 1.24. The van der Waals surface area contributed by atoms with Crippen LogP contribution < -0.4 is 41.8 Å². The summed E-state index contributed by atoms with van der Waals surface area (Å²) in [5.41, 5.74) is 8.79. The first-order chi connectivity index (χ1) is 31.3. The van der Waals surface area contributed by atoms with Crippen LogP contribution >= 0.6 is 0 Å². The van der Waals surface area contributed by atoms with E-state index in [9.17, 15) is 29.2 Å². The zero-order valence-electron chi connectivity index (χ0n) is 37.8. The molecule has 2 aliphatic heterocycles. The molecule has 65 heavy (non-hydrogen) atoms. The lowest BCUT2D eigenvalue weighted by Gasteiger charge is -2.29. The van der Waals surface area contributed by atoms with Crippen molar-refractivity contribution in [3.8, 4) is 12.3 Å². The Kier molecular flexibility index (Phi) is 18.4. The van der Waals surface area contributed by atoms with Gasteiger partial charge in [0.25, 0.3) is 5.65 Å². The van der Waals surface area contributed by atoms with Crippen molar-refractivity contribution in [2.75, 3.05) is 48.3 Å². The maximum atomic E-state index is 13.6. The van der Waals surface area contributed by atoms with E-state index in [0.29, 0.717) is 50.0 Å². The van der Waals surface area contributed by atoms with E-state index >= 15 is 0 Å². The molecule has 0 aliphatic carbocycles. The van der Waals surface area contributed by atoms with Crippen molar-refractivity contribution in [2.24, 2.45) is 11.7 Å². The second-order valence-corrected chi connectivity index (χ2v) is 16.4. The Morgan fingerprint density at radius 1 is 1.03 bits per heavy atom. The van der Waals surface area contributed by atoms with Crippen molar-refractivity contribution < 1.29 is 38.0 Å². The van der Waals surface area contributed by atoms with Crippen LogP contribution in [0.2, 0.25) is 0 Å². The lowest BCUT2D eigenvalue weighted by atomic mass is 10.0. The number of carbonyl (C=O) groups excluding carboxylic acids is 5. The van der Waals surface area contributed by atoms with Gasteiger partial charge in [0, 0.05) is 50.7 Å². The van der Waals surface area contributed by atoms with Gasteiger partial charge in [-0.2, -0.15) is 4.57 Å². The van der Waals surface area contributed by atoms with E-state index in [4.69, 9.17) is 26.7 Å². The number of carbonyl (C=O) groups is 5. The monoisotopic (exact) mass is 897 g/mol. The van der Waals surface area contributed by atoms with Gasteiger partial charge in [-0.25, -0.2) is 9.59 Å². The fraction of sp³-hybridized carbons (Fsp3) is 0.500. The molecule has 350 valence electrons. The summed E-state index contributed by atoms with van der Waals surface area (Å²) in [5, 5.41) is 31.9. The first-order valence-corrected chi connectivity index (χ1v) is 22.3. The summed E-state index contributed by atoms with van der Waals surface area (Å²) in [6.45, 7) is 9.85. The number of piperidine rings is 1. The number of hydrogen-bond donors (Lipinski definition) is 6.